The Morgan fingerprint density at radius 3 is 0.370 bits per heavy atom. The average Bonchev–Trinajstić information content (AvgIpc) is 3.12. The fourth-order valence-electron chi connectivity index (χ4n) is 5.60. The largest absolute Gasteiger partial charge is 4.00 e. The molecule has 0 aliphatic heterocycles. The zero-order chi connectivity index (χ0) is 65.2. The SMILES string of the molecule is CC(=O)C(C(=O)[O-])C(=O)C(OC(C)(C)C)OC(C)(C)C.CC(=O)C(C(=O)[O-])C(=O)C(OC(C)(C)C)OC(C)(C)C.CC(=O)C(C(=O)[O-])C(=O)C(OC(C)(C)C)OC(C)(C)C.CC(=O)C(C(=O)[O-])C(=O)C(OC(C)(C)C)OC(C)(C)C.[Zr+4]. The van der Waals surface area contributed by atoms with Crippen LogP contribution < -0.4 is 20.4 Å². The maximum atomic E-state index is 12.2. The van der Waals surface area contributed by atoms with Gasteiger partial charge >= 0.3 is 26.2 Å². The maximum Gasteiger partial charge on any atom is 4.00 e. The van der Waals surface area contributed by atoms with Gasteiger partial charge in [-0.3, -0.25) is 38.4 Å². The monoisotopic (exact) mass is 1240 g/mol. The Balaban J connectivity index is -0.000000316. The third kappa shape index (κ3) is 41.5. The van der Waals surface area contributed by atoms with Crippen LogP contribution in [-0.2, 0) is 122 Å². The van der Waals surface area contributed by atoms with Crippen molar-refractivity contribution in [3.05, 3.63) is 0 Å². The number of ether oxygens (including phenoxy) is 8. The molecule has 0 radical (unpaired) electrons. The third-order valence-corrected chi connectivity index (χ3v) is 8.32. The van der Waals surface area contributed by atoms with Crippen molar-refractivity contribution in [2.24, 2.45) is 23.7 Å². The second-order valence-corrected chi connectivity index (χ2v) is 26.2. The number of ketones is 8. The first-order valence-electron chi connectivity index (χ1n) is 25.4. The van der Waals surface area contributed by atoms with Crippen LogP contribution in [0.5, 0.6) is 0 Å². The van der Waals surface area contributed by atoms with Crippen LogP contribution in [-0.4, -0.2) is 140 Å². The van der Waals surface area contributed by atoms with Gasteiger partial charge in [-0.25, -0.2) is 0 Å². The van der Waals surface area contributed by atoms with Crippen LogP contribution in [0.3, 0.4) is 0 Å². The van der Waals surface area contributed by atoms with Crippen molar-refractivity contribution in [2.45, 2.75) is 264 Å². The Labute approximate surface area is 497 Å². The molecule has 24 nitrogen and oxygen atoms in total. The summed E-state index contributed by atoms with van der Waals surface area (Å²) in [4.78, 5) is 138. The number of rotatable bonds is 24. The molecular formula is C56H92O24Zr. The van der Waals surface area contributed by atoms with Gasteiger partial charge in [-0.05, 0) is 194 Å². The summed E-state index contributed by atoms with van der Waals surface area (Å²) in [7, 11) is 0. The molecule has 4 atom stereocenters. The van der Waals surface area contributed by atoms with Gasteiger partial charge in [-0.15, -0.1) is 0 Å². The van der Waals surface area contributed by atoms with Crippen molar-refractivity contribution in [2.75, 3.05) is 0 Å². The van der Waals surface area contributed by atoms with Gasteiger partial charge in [0.25, 0.3) is 0 Å². The van der Waals surface area contributed by atoms with E-state index in [1.807, 2.05) is 0 Å². The summed E-state index contributed by atoms with van der Waals surface area (Å²) >= 11 is 0. The number of Topliss-reactive ketones (excluding diaryl/α,β-unsaturated/α-hetero) is 8. The Bertz CT molecular complexity index is 1730. The zero-order valence-corrected chi connectivity index (χ0v) is 55.4. The molecule has 0 aliphatic rings. The Morgan fingerprint density at radius 1 is 0.235 bits per heavy atom. The summed E-state index contributed by atoms with van der Waals surface area (Å²) in [6.07, 6.45) is -5.77. The number of hydrogen-bond donors (Lipinski definition) is 0. The van der Waals surface area contributed by atoms with E-state index < -0.39 is 164 Å². The standard InChI is InChI=1S/4C14H24O6.Zr/c4*1-8(15)9(11(17)18)10(16)12(19-13(2,3)4)20-14(5,6)7;/h4*9,12H,1-7H3,(H,17,18);/q;;;;+4/p-4. The molecule has 0 saturated carbocycles. The van der Waals surface area contributed by atoms with Gasteiger partial charge < -0.3 is 77.5 Å². The summed E-state index contributed by atoms with van der Waals surface area (Å²) in [6, 6.07) is 0. The van der Waals surface area contributed by atoms with Crippen LogP contribution in [0.2, 0.25) is 0 Å². The molecular weight excluding hydrogens is 1150 g/mol. The van der Waals surface area contributed by atoms with Crippen LogP contribution in [0.25, 0.3) is 0 Å². The van der Waals surface area contributed by atoms with E-state index in [0.29, 0.717) is 0 Å². The third-order valence-electron chi connectivity index (χ3n) is 8.32. The number of carboxylic acids is 4. The van der Waals surface area contributed by atoms with Gasteiger partial charge in [0, 0.05) is 0 Å². The van der Waals surface area contributed by atoms with Crippen molar-refractivity contribution in [1.82, 2.24) is 0 Å². The molecule has 25 heteroatoms. The molecule has 0 aromatic rings. The van der Waals surface area contributed by atoms with Gasteiger partial charge in [-0.2, -0.15) is 0 Å². The van der Waals surface area contributed by atoms with Crippen LogP contribution in [0.15, 0.2) is 0 Å². The topological polar surface area (TPSA) is 371 Å². The number of carbonyl (C=O) groups excluding carboxylic acids is 12. The minimum absolute atomic E-state index is 0. The molecule has 4 unspecified atom stereocenters. The second kappa shape index (κ2) is 33.9. The van der Waals surface area contributed by atoms with Crippen LogP contribution in [0, 0.1) is 23.7 Å². The molecule has 464 valence electrons. The van der Waals surface area contributed by atoms with E-state index in [1.54, 1.807) is 166 Å². The van der Waals surface area contributed by atoms with Gasteiger partial charge in [0.05, 0.1) is 68.7 Å². The Morgan fingerprint density at radius 2 is 0.321 bits per heavy atom. The smallest absolute Gasteiger partial charge is 0.549 e. The van der Waals surface area contributed by atoms with Gasteiger partial charge in [0.1, 0.15) is 46.8 Å². The number of carboxylic acid groups (broad SMARTS) is 4. The minimum Gasteiger partial charge on any atom is -0.549 e. The Kier molecular flexibility index (Phi) is 35.9. The first kappa shape index (κ1) is 85.6. The molecule has 0 aromatic heterocycles. The van der Waals surface area contributed by atoms with Crippen LogP contribution in [0.1, 0.15) is 194 Å². The first-order valence-corrected chi connectivity index (χ1v) is 25.4. The Hall–Kier alpha value is -4.20. The molecule has 0 bridgehead atoms. The molecule has 81 heavy (non-hydrogen) atoms. The van der Waals surface area contributed by atoms with E-state index in [2.05, 4.69) is 0 Å². The maximum absolute atomic E-state index is 12.2. The second-order valence-electron chi connectivity index (χ2n) is 26.2. The molecule has 0 heterocycles. The van der Waals surface area contributed by atoms with E-state index in [9.17, 15) is 78.0 Å². The summed E-state index contributed by atoms with van der Waals surface area (Å²) < 4.78 is 43.5. The molecule has 0 N–H and O–H groups in total. The van der Waals surface area contributed by atoms with E-state index in [1.165, 1.54) is 0 Å². The molecule has 0 rings (SSSR count). The van der Waals surface area contributed by atoms with Crippen molar-refractivity contribution >= 4 is 70.1 Å². The number of hydrogen-bond acceptors (Lipinski definition) is 24. The van der Waals surface area contributed by atoms with Crippen molar-refractivity contribution in [3.8, 4) is 0 Å². The van der Waals surface area contributed by atoms with Gasteiger partial charge in [-0.1, -0.05) is 0 Å². The average molecular weight is 1240 g/mol. The summed E-state index contributed by atoms with van der Waals surface area (Å²) in [5.74, 6) is -21.6. The molecule has 0 saturated heterocycles. The van der Waals surface area contributed by atoms with E-state index in [0.717, 1.165) is 27.7 Å². The van der Waals surface area contributed by atoms with Crippen molar-refractivity contribution in [3.63, 3.8) is 0 Å². The summed E-state index contributed by atoms with van der Waals surface area (Å²) in [5, 5.41) is 43.8. The normalized spacial score (nSPS) is 14.0. The minimum atomic E-state index is -1.88. The predicted octanol–water partition coefficient (Wildman–Crippen LogP) is 1.87. The zero-order valence-electron chi connectivity index (χ0n) is 52.9. The van der Waals surface area contributed by atoms with Crippen LogP contribution in [0.4, 0.5) is 0 Å². The number of carbonyl (C=O) groups is 12. The van der Waals surface area contributed by atoms with E-state index in [4.69, 9.17) is 37.9 Å². The first-order chi connectivity index (χ1) is 35.0. The van der Waals surface area contributed by atoms with E-state index in [-0.39, 0.29) is 26.2 Å². The van der Waals surface area contributed by atoms with Crippen LogP contribution >= 0.6 is 0 Å². The molecule has 0 spiro atoms. The van der Waals surface area contributed by atoms with Gasteiger partial charge in [0.15, 0.2) is 0 Å². The molecule has 0 fully saturated rings. The summed E-state index contributed by atoms with van der Waals surface area (Å²) in [6.45, 7) is 44.8. The van der Waals surface area contributed by atoms with Gasteiger partial charge in [0.2, 0.25) is 48.3 Å². The summed E-state index contributed by atoms with van der Waals surface area (Å²) in [5.41, 5.74) is -5.90. The molecule has 0 amide bonds. The quantitative estimate of drug-likeness (QED) is 0.0983. The number of aliphatic carboxylic acids is 4. The van der Waals surface area contributed by atoms with E-state index >= 15 is 0 Å². The molecule has 0 aromatic carbocycles. The van der Waals surface area contributed by atoms with Crippen molar-refractivity contribution < 1.29 is 142 Å². The fraction of sp³-hybridized carbons (Fsp3) is 0.786. The van der Waals surface area contributed by atoms with Crippen molar-refractivity contribution in [1.29, 1.82) is 0 Å². The molecule has 0 aliphatic carbocycles. The predicted molar refractivity (Wildman–Crippen MR) is 279 cm³/mol. The fourth-order valence-corrected chi connectivity index (χ4v) is 5.60.